The van der Waals surface area contributed by atoms with Crippen LogP contribution in [0.1, 0.15) is 16.1 Å². The molecule has 2 amide bonds. The van der Waals surface area contributed by atoms with Crippen LogP contribution in [-0.4, -0.2) is 30.5 Å². The van der Waals surface area contributed by atoms with Gasteiger partial charge in [-0.25, -0.2) is 4.98 Å². The van der Waals surface area contributed by atoms with Crippen molar-refractivity contribution in [3.63, 3.8) is 0 Å². The van der Waals surface area contributed by atoms with Crippen LogP contribution in [0.4, 0.5) is 10.8 Å². The predicted molar refractivity (Wildman–Crippen MR) is 80.2 cm³/mol. The highest BCUT2D eigenvalue weighted by molar-refractivity contribution is 7.13. The average molecular weight is 303 g/mol. The van der Waals surface area contributed by atoms with Gasteiger partial charge in [0.05, 0.1) is 11.4 Å². The summed E-state index contributed by atoms with van der Waals surface area (Å²) >= 11 is 1.37. The molecule has 3 rings (SSSR count). The largest absolute Gasteiger partial charge is 0.482 e. The van der Waals surface area contributed by atoms with Crippen molar-refractivity contribution in [2.45, 2.75) is 6.92 Å². The molecule has 2 aromatic rings. The molecule has 0 aliphatic carbocycles. The third kappa shape index (κ3) is 2.59. The minimum Gasteiger partial charge on any atom is -0.482 e. The summed E-state index contributed by atoms with van der Waals surface area (Å²) < 4.78 is 5.33. The lowest BCUT2D eigenvalue weighted by Crippen LogP contribution is -2.35. The monoisotopic (exact) mass is 303 g/mol. The highest BCUT2D eigenvalue weighted by Gasteiger charge is 2.23. The van der Waals surface area contributed by atoms with Crippen molar-refractivity contribution < 1.29 is 14.3 Å². The van der Waals surface area contributed by atoms with E-state index in [0.29, 0.717) is 22.1 Å². The van der Waals surface area contributed by atoms with Crippen LogP contribution in [0.5, 0.6) is 5.75 Å². The number of carbonyl (C=O) groups excluding carboxylic acids is 2. The number of thiazole rings is 1. The smallest absolute Gasteiger partial charge is 0.264 e. The van der Waals surface area contributed by atoms with Crippen molar-refractivity contribution in [2.75, 3.05) is 23.9 Å². The number of amides is 2. The van der Waals surface area contributed by atoms with E-state index in [9.17, 15) is 9.59 Å². The Kier molecular flexibility index (Phi) is 3.34. The first kappa shape index (κ1) is 13.6. The van der Waals surface area contributed by atoms with Gasteiger partial charge in [-0.3, -0.25) is 14.9 Å². The number of ether oxygens (including phenoxy) is 1. The van der Waals surface area contributed by atoms with Gasteiger partial charge in [0.2, 0.25) is 0 Å². The number of nitrogens with zero attached hydrogens (tertiary/aromatic N) is 2. The molecule has 1 aliphatic rings. The first-order valence-corrected chi connectivity index (χ1v) is 7.19. The minimum atomic E-state index is -0.265. The predicted octanol–water partition coefficient (Wildman–Crippen LogP) is 2.06. The topological polar surface area (TPSA) is 71.5 Å². The van der Waals surface area contributed by atoms with Gasteiger partial charge in [-0.15, -0.1) is 11.3 Å². The molecule has 0 saturated carbocycles. The molecule has 108 valence electrons. The number of nitrogens with one attached hydrogen (secondary N) is 1. The molecule has 2 heterocycles. The molecule has 0 spiro atoms. The van der Waals surface area contributed by atoms with Crippen LogP contribution in [0, 0.1) is 6.92 Å². The van der Waals surface area contributed by atoms with Gasteiger partial charge in [0.25, 0.3) is 11.8 Å². The maximum Gasteiger partial charge on any atom is 0.264 e. The number of fused-ring (bicyclic) bond motifs is 1. The van der Waals surface area contributed by atoms with Crippen LogP contribution in [-0.2, 0) is 4.79 Å². The second-order valence-corrected chi connectivity index (χ2v) is 5.53. The molecule has 0 radical (unpaired) electrons. The number of hydrogen-bond acceptors (Lipinski definition) is 5. The van der Waals surface area contributed by atoms with E-state index < -0.39 is 0 Å². The number of aryl methyl sites for hydroxylation is 1. The Morgan fingerprint density at radius 1 is 1.48 bits per heavy atom. The van der Waals surface area contributed by atoms with Gasteiger partial charge in [-0.1, -0.05) is 0 Å². The Labute approximate surface area is 125 Å². The highest BCUT2D eigenvalue weighted by Crippen LogP contribution is 2.32. The lowest BCUT2D eigenvalue weighted by molar-refractivity contribution is -0.120. The summed E-state index contributed by atoms with van der Waals surface area (Å²) in [6, 6.07) is 5.00. The van der Waals surface area contributed by atoms with Gasteiger partial charge in [-0.05, 0) is 25.1 Å². The number of benzene rings is 1. The molecule has 6 nitrogen and oxygen atoms in total. The van der Waals surface area contributed by atoms with E-state index in [2.05, 4.69) is 10.3 Å². The van der Waals surface area contributed by atoms with Gasteiger partial charge < -0.3 is 9.64 Å². The summed E-state index contributed by atoms with van der Waals surface area (Å²) in [6.07, 6.45) is 0. The molecule has 0 atom stereocenters. The Hall–Kier alpha value is -2.41. The highest BCUT2D eigenvalue weighted by atomic mass is 32.1. The molecule has 1 aromatic carbocycles. The Morgan fingerprint density at radius 2 is 2.29 bits per heavy atom. The van der Waals surface area contributed by atoms with E-state index in [4.69, 9.17) is 4.74 Å². The van der Waals surface area contributed by atoms with E-state index in [0.717, 1.165) is 5.69 Å². The SMILES string of the molecule is Cc1csc(NC(=O)c2ccc3c(c2)N(C)C(=O)CO3)n1. The number of aromatic nitrogens is 1. The lowest BCUT2D eigenvalue weighted by atomic mass is 10.1. The number of anilines is 2. The van der Waals surface area contributed by atoms with Crippen LogP contribution in [0.2, 0.25) is 0 Å². The van der Waals surface area contributed by atoms with Crippen molar-refractivity contribution >= 4 is 34.0 Å². The van der Waals surface area contributed by atoms with Crippen LogP contribution >= 0.6 is 11.3 Å². The van der Waals surface area contributed by atoms with Crippen molar-refractivity contribution in [3.05, 3.63) is 34.8 Å². The molecule has 0 saturated heterocycles. The van der Waals surface area contributed by atoms with Gasteiger partial charge in [0.15, 0.2) is 11.7 Å². The maximum atomic E-state index is 12.2. The van der Waals surface area contributed by atoms with Gasteiger partial charge >= 0.3 is 0 Å². The maximum absolute atomic E-state index is 12.2. The van der Waals surface area contributed by atoms with E-state index in [-0.39, 0.29) is 18.4 Å². The van der Waals surface area contributed by atoms with E-state index in [1.54, 1.807) is 25.2 Å². The third-order valence-electron chi connectivity index (χ3n) is 3.15. The molecule has 1 N–H and O–H groups in total. The summed E-state index contributed by atoms with van der Waals surface area (Å²) in [4.78, 5) is 29.5. The molecular formula is C14H13N3O3S. The second kappa shape index (κ2) is 5.17. The normalized spacial score (nSPS) is 13.6. The summed E-state index contributed by atoms with van der Waals surface area (Å²) in [5.41, 5.74) is 1.90. The van der Waals surface area contributed by atoms with Gasteiger partial charge in [0.1, 0.15) is 5.75 Å². The lowest BCUT2D eigenvalue weighted by Gasteiger charge is -2.26. The van der Waals surface area contributed by atoms with Gasteiger partial charge in [-0.2, -0.15) is 0 Å². The zero-order valence-electron chi connectivity index (χ0n) is 11.5. The van der Waals surface area contributed by atoms with Crippen molar-refractivity contribution in [2.24, 2.45) is 0 Å². The number of carbonyl (C=O) groups is 2. The van der Waals surface area contributed by atoms with Gasteiger partial charge in [0, 0.05) is 18.0 Å². The molecule has 0 bridgehead atoms. The zero-order valence-corrected chi connectivity index (χ0v) is 12.4. The number of hydrogen-bond donors (Lipinski definition) is 1. The van der Waals surface area contributed by atoms with E-state index >= 15 is 0 Å². The summed E-state index contributed by atoms with van der Waals surface area (Å²) in [5.74, 6) is 0.188. The van der Waals surface area contributed by atoms with Crippen LogP contribution in [0.25, 0.3) is 0 Å². The Morgan fingerprint density at radius 3 is 3.00 bits per heavy atom. The average Bonchev–Trinajstić information content (AvgIpc) is 2.88. The van der Waals surface area contributed by atoms with Crippen molar-refractivity contribution in [1.82, 2.24) is 4.98 Å². The fourth-order valence-electron chi connectivity index (χ4n) is 1.99. The van der Waals surface area contributed by atoms with Crippen LogP contribution < -0.4 is 15.0 Å². The fraction of sp³-hybridized carbons (Fsp3) is 0.214. The molecule has 1 aromatic heterocycles. The molecule has 7 heteroatoms. The first-order valence-electron chi connectivity index (χ1n) is 6.31. The summed E-state index contributed by atoms with van der Waals surface area (Å²) in [6.45, 7) is 1.89. The Balaban J connectivity index is 1.86. The number of likely N-dealkylation sites (N-methyl/N-ethyl adjacent to an activating group) is 1. The van der Waals surface area contributed by atoms with E-state index in [1.807, 2.05) is 12.3 Å². The second-order valence-electron chi connectivity index (χ2n) is 4.67. The number of rotatable bonds is 2. The molecular weight excluding hydrogens is 290 g/mol. The molecule has 1 aliphatic heterocycles. The van der Waals surface area contributed by atoms with Crippen molar-refractivity contribution in [3.8, 4) is 5.75 Å². The van der Waals surface area contributed by atoms with E-state index in [1.165, 1.54) is 16.2 Å². The molecule has 21 heavy (non-hydrogen) atoms. The zero-order chi connectivity index (χ0) is 15.0. The first-order chi connectivity index (χ1) is 10.0. The third-order valence-corrected chi connectivity index (χ3v) is 4.02. The fourth-order valence-corrected chi connectivity index (χ4v) is 2.68. The summed E-state index contributed by atoms with van der Waals surface area (Å²) in [5, 5.41) is 5.15. The molecule has 0 fully saturated rings. The molecule has 0 unspecified atom stereocenters. The quantitative estimate of drug-likeness (QED) is 0.922. The van der Waals surface area contributed by atoms with Crippen molar-refractivity contribution in [1.29, 1.82) is 0 Å². The van der Waals surface area contributed by atoms with Crippen LogP contribution in [0.3, 0.4) is 0 Å². The summed E-state index contributed by atoms with van der Waals surface area (Å²) in [7, 11) is 1.66. The van der Waals surface area contributed by atoms with Crippen LogP contribution in [0.15, 0.2) is 23.6 Å². The Bertz CT molecular complexity index is 726. The standard InChI is InChI=1S/C14H13N3O3S/c1-8-7-21-14(15-8)16-13(19)9-3-4-11-10(5-9)17(2)12(18)6-20-11/h3-5,7H,6H2,1-2H3,(H,15,16,19). The minimum absolute atomic E-state index is 0.0213.